The van der Waals surface area contributed by atoms with Gasteiger partial charge in [-0.05, 0) is 62.0 Å². The van der Waals surface area contributed by atoms with E-state index in [1.54, 1.807) is 12.1 Å². The number of piperidine rings is 1. The zero-order valence-electron chi connectivity index (χ0n) is 8.82. The highest BCUT2D eigenvalue weighted by Gasteiger charge is 2.18. The zero-order valence-corrected chi connectivity index (χ0v) is 10.4. The first-order chi connectivity index (χ1) is 7.18. The van der Waals surface area contributed by atoms with E-state index in [1.807, 2.05) is 0 Å². The van der Waals surface area contributed by atoms with Crippen molar-refractivity contribution in [2.24, 2.45) is 0 Å². The van der Waals surface area contributed by atoms with E-state index in [0.29, 0.717) is 5.92 Å². The topological polar surface area (TPSA) is 12.0 Å². The zero-order chi connectivity index (χ0) is 10.8. The molecule has 3 heteroatoms. The Hall–Kier alpha value is -0.410. The number of hydrogen-bond donors (Lipinski definition) is 1. The summed E-state index contributed by atoms with van der Waals surface area (Å²) in [6.45, 7) is 4.14. The largest absolute Gasteiger partial charge is 0.317 e. The summed E-state index contributed by atoms with van der Waals surface area (Å²) in [6.07, 6.45) is 2.22. The molecule has 1 fully saturated rings. The standard InChI is InChI=1S/C12H15BrFN/c1-8-11(6-10(14)7-12(8)13)9-2-4-15-5-3-9/h6-7,9,15H,2-5H2,1H3. The average Bonchev–Trinajstić information content (AvgIpc) is 2.24. The molecule has 0 spiro atoms. The van der Waals surface area contributed by atoms with Crippen molar-refractivity contribution in [1.82, 2.24) is 5.32 Å². The lowest BCUT2D eigenvalue weighted by atomic mass is 9.87. The molecule has 0 aromatic heterocycles. The summed E-state index contributed by atoms with van der Waals surface area (Å²) >= 11 is 3.41. The molecule has 1 saturated heterocycles. The van der Waals surface area contributed by atoms with Crippen molar-refractivity contribution < 1.29 is 4.39 Å². The third-order valence-corrected chi connectivity index (χ3v) is 3.95. The molecule has 0 aliphatic carbocycles. The lowest BCUT2D eigenvalue weighted by molar-refractivity contribution is 0.457. The SMILES string of the molecule is Cc1c(Br)cc(F)cc1C1CCNCC1. The Morgan fingerprint density at radius 2 is 2.00 bits per heavy atom. The van der Waals surface area contributed by atoms with Gasteiger partial charge in [0.05, 0.1) is 0 Å². The summed E-state index contributed by atoms with van der Waals surface area (Å²) in [4.78, 5) is 0. The molecular weight excluding hydrogens is 257 g/mol. The van der Waals surface area contributed by atoms with Gasteiger partial charge in [-0.25, -0.2) is 4.39 Å². The van der Waals surface area contributed by atoms with Crippen LogP contribution < -0.4 is 5.32 Å². The molecule has 1 aromatic rings. The molecule has 0 bridgehead atoms. The van der Waals surface area contributed by atoms with Gasteiger partial charge in [0.15, 0.2) is 0 Å². The van der Waals surface area contributed by atoms with Crippen LogP contribution in [0.15, 0.2) is 16.6 Å². The highest BCUT2D eigenvalue weighted by molar-refractivity contribution is 9.10. The first-order valence-corrected chi connectivity index (χ1v) is 6.14. The molecule has 0 radical (unpaired) electrons. The van der Waals surface area contributed by atoms with Crippen LogP contribution in [0.5, 0.6) is 0 Å². The molecule has 1 aliphatic heterocycles. The van der Waals surface area contributed by atoms with Crippen molar-refractivity contribution in [2.45, 2.75) is 25.7 Å². The normalized spacial score (nSPS) is 18.1. The van der Waals surface area contributed by atoms with Crippen molar-refractivity contribution >= 4 is 15.9 Å². The Balaban J connectivity index is 2.33. The van der Waals surface area contributed by atoms with Crippen molar-refractivity contribution in [2.75, 3.05) is 13.1 Å². The number of nitrogens with one attached hydrogen (secondary N) is 1. The van der Waals surface area contributed by atoms with E-state index in [9.17, 15) is 4.39 Å². The van der Waals surface area contributed by atoms with Crippen LogP contribution in [0.3, 0.4) is 0 Å². The first kappa shape index (κ1) is 11.1. The third kappa shape index (κ3) is 2.40. The minimum absolute atomic E-state index is 0.138. The van der Waals surface area contributed by atoms with E-state index >= 15 is 0 Å². The number of hydrogen-bond acceptors (Lipinski definition) is 1. The summed E-state index contributed by atoms with van der Waals surface area (Å²) in [7, 11) is 0. The van der Waals surface area contributed by atoms with Gasteiger partial charge in [-0.15, -0.1) is 0 Å². The van der Waals surface area contributed by atoms with Crippen LogP contribution in [0.4, 0.5) is 4.39 Å². The van der Waals surface area contributed by atoms with E-state index in [4.69, 9.17) is 0 Å². The van der Waals surface area contributed by atoms with Gasteiger partial charge < -0.3 is 5.32 Å². The van der Waals surface area contributed by atoms with E-state index in [1.165, 1.54) is 11.1 Å². The van der Waals surface area contributed by atoms with Gasteiger partial charge in [0, 0.05) is 4.47 Å². The molecule has 82 valence electrons. The monoisotopic (exact) mass is 271 g/mol. The molecule has 1 aromatic carbocycles. The number of rotatable bonds is 1. The molecule has 2 rings (SSSR count). The molecule has 1 N–H and O–H groups in total. The molecule has 0 amide bonds. The second-order valence-electron chi connectivity index (χ2n) is 4.13. The Bertz CT molecular complexity index is 359. The summed E-state index contributed by atoms with van der Waals surface area (Å²) in [5.74, 6) is 0.374. The van der Waals surface area contributed by atoms with Crippen molar-refractivity contribution in [3.63, 3.8) is 0 Å². The highest BCUT2D eigenvalue weighted by Crippen LogP contribution is 2.32. The summed E-state index contributed by atoms with van der Waals surface area (Å²) in [6, 6.07) is 3.23. The summed E-state index contributed by atoms with van der Waals surface area (Å²) in [5, 5.41) is 3.33. The predicted molar refractivity (Wildman–Crippen MR) is 63.7 cm³/mol. The van der Waals surface area contributed by atoms with Crippen molar-refractivity contribution in [1.29, 1.82) is 0 Å². The Kier molecular flexibility index (Phi) is 3.42. The van der Waals surface area contributed by atoms with Gasteiger partial charge in [-0.3, -0.25) is 0 Å². The first-order valence-electron chi connectivity index (χ1n) is 5.34. The van der Waals surface area contributed by atoms with Crippen LogP contribution in [0.1, 0.15) is 29.9 Å². The van der Waals surface area contributed by atoms with Crippen LogP contribution in [-0.2, 0) is 0 Å². The van der Waals surface area contributed by atoms with Crippen LogP contribution in [0.25, 0.3) is 0 Å². The van der Waals surface area contributed by atoms with Gasteiger partial charge in [-0.2, -0.15) is 0 Å². The van der Waals surface area contributed by atoms with E-state index in [0.717, 1.165) is 30.4 Å². The summed E-state index contributed by atoms with van der Waals surface area (Å²) < 4.78 is 14.2. The molecular formula is C12H15BrFN. The van der Waals surface area contributed by atoms with E-state index < -0.39 is 0 Å². The number of benzene rings is 1. The van der Waals surface area contributed by atoms with Crippen LogP contribution >= 0.6 is 15.9 Å². The maximum Gasteiger partial charge on any atom is 0.124 e. The predicted octanol–water partition coefficient (Wildman–Crippen LogP) is 3.36. The molecule has 1 heterocycles. The maximum absolute atomic E-state index is 13.3. The minimum atomic E-state index is -0.138. The third-order valence-electron chi connectivity index (χ3n) is 3.13. The van der Waals surface area contributed by atoms with E-state index in [2.05, 4.69) is 28.2 Å². The average molecular weight is 272 g/mol. The van der Waals surface area contributed by atoms with Gasteiger partial charge in [0.25, 0.3) is 0 Å². The highest BCUT2D eigenvalue weighted by atomic mass is 79.9. The fourth-order valence-corrected chi connectivity index (χ4v) is 2.67. The second-order valence-corrected chi connectivity index (χ2v) is 4.98. The molecule has 0 atom stereocenters. The van der Waals surface area contributed by atoms with Crippen molar-refractivity contribution in [3.8, 4) is 0 Å². The summed E-state index contributed by atoms with van der Waals surface area (Å²) in [5.41, 5.74) is 2.35. The van der Waals surface area contributed by atoms with Crippen LogP contribution in [0.2, 0.25) is 0 Å². The van der Waals surface area contributed by atoms with Gasteiger partial charge in [0.1, 0.15) is 5.82 Å². The lowest BCUT2D eigenvalue weighted by Crippen LogP contribution is -2.27. The van der Waals surface area contributed by atoms with Gasteiger partial charge in [0.2, 0.25) is 0 Å². The lowest BCUT2D eigenvalue weighted by Gasteiger charge is -2.24. The minimum Gasteiger partial charge on any atom is -0.317 e. The fraction of sp³-hybridized carbons (Fsp3) is 0.500. The second kappa shape index (κ2) is 4.62. The van der Waals surface area contributed by atoms with Gasteiger partial charge >= 0.3 is 0 Å². The maximum atomic E-state index is 13.3. The van der Waals surface area contributed by atoms with Crippen LogP contribution in [-0.4, -0.2) is 13.1 Å². The van der Waals surface area contributed by atoms with Gasteiger partial charge in [-0.1, -0.05) is 15.9 Å². The molecule has 15 heavy (non-hydrogen) atoms. The molecule has 1 nitrogen and oxygen atoms in total. The van der Waals surface area contributed by atoms with Crippen LogP contribution in [0, 0.1) is 12.7 Å². The number of halogens is 2. The van der Waals surface area contributed by atoms with E-state index in [-0.39, 0.29) is 5.82 Å². The Labute approximate surface area is 98.2 Å². The van der Waals surface area contributed by atoms with Crippen molar-refractivity contribution in [3.05, 3.63) is 33.5 Å². The Morgan fingerprint density at radius 1 is 1.33 bits per heavy atom. The Morgan fingerprint density at radius 3 is 2.67 bits per heavy atom. The molecule has 0 unspecified atom stereocenters. The smallest absolute Gasteiger partial charge is 0.124 e. The quantitative estimate of drug-likeness (QED) is 0.826. The molecule has 1 aliphatic rings. The fourth-order valence-electron chi connectivity index (χ4n) is 2.22. The molecule has 0 saturated carbocycles.